The van der Waals surface area contributed by atoms with Gasteiger partial charge in [0.05, 0.1) is 16.8 Å². The molecule has 0 bridgehead atoms. The summed E-state index contributed by atoms with van der Waals surface area (Å²) in [6, 6.07) is 15.7. The van der Waals surface area contributed by atoms with Crippen molar-refractivity contribution in [3.05, 3.63) is 93.4 Å². The number of carbonyl (C=O) groups excluding carboxylic acids is 1. The van der Waals surface area contributed by atoms with Crippen molar-refractivity contribution in [3.8, 4) is 16.9 Å². The van der Waals surface area contributed by atoms with Crippen LogP contribution in [0.15, 0.2) is 65.9 Å². The van der Waals surface area contributed by atoms with Crippen molar-refractivity contribution in [2.24, 2.45) is 5.10 Å². The zero-order valence-corrected chi connectivity index (χ0v) is 17.4. The number of hydrazone groups is 1. The molecule has 0 spiro atoms. The Bertz CT molecular complexity index is 1350. The number of nitro benzene ring substituents is 1. The van der Waals surface area contributed by atoms with Gasteiger partial charge in [0.25, 0.3) is 11.6 Å². The molecule has 5 rings (SSSR count). The van der Waals surface area contributed by atoms with Crippen molar-refractivity contribution in [2.75, 3.05) is 0 Å². The second-order valence-corrected chi connectivity index (χ2v) is 7.60. The number of H-pyrrole nitrogens is 1. The average Bonchev–Trinajstić information content (AvgIpc) is 3.56. The SMILES string of the molecule is O=C(N/N=C/c1cn(-c2ccccc2)nc1-c1ccc([N+](=O)[O-])cc1)c1n[nH]c2c1CCC2. The Kier molecular flexibility index (Phi) is 5.23. The number of para-hydroxylation sites is 1. The number of nitrogens with one attached hydrogen (secondary N) is 2. The summed E-state index contributed by atoms with van der Waals surface area (Å²) in [5, 5.41) is 26.8. The average molecular weight is 441 g/mol. The largest absolute Gasteiger partial charge is 0.292 e. The zero-order valence-electron chi connectivity index (χ0n) is 17.4. The van der Waals surface area contributed by atoms with Crippen molar-refractivity contribution in [2.45, 2.75) is 19.3 Å². The molecule has 0 aliphatic heterocycles. The molecule has 2 heterocycles. The van der Waals surface area contributed by atoms with Crippen molar-refractivity contribution in [1.82, 2.24) is 25.4 Å². The minimum absolute atomic E-state index is 0.00439. The number of hydrogen-bond acceptors (Lipinski definition) is 6. The van der Waals surface area contributed by atoms with Gasteiger partial charge in [-0.15, -0.1) is 0 Å². The van der Waals surface area contributed by atoms with Crippen LogP contribution in [0.5, 0.6) is 0 Å². The molecular formula is C23H19N7O3. The van der Waals surface area contributed by atoms with E-state index in [4.69, 9.17) is 0 Å². The molecule has 2 aromatic heterocycles. The van der Waals surface area contributed by atoms with Gasteiger partial charge in [0.2, 0.25) is 0 Å². The Hall–Kier alpha value is -4.60. The molecule has 1 aliphatic rings. The summed E-state index contributed by atoms with van der Waals surface area (Å²) in [7, 11) is 0. The minimum atomic E-state index is -0.448. The smallest absolute Gasteiger partial charge is 0.281 e. The summed E-state index contributed by atoms with van der Waals surface area (Å²) < 4.78 is 1.69. The topological polar surface area (TPSA) is 131 Å². The molecule has 1 amide bonds. The van der Waals surface area contributed by atoms with Gasteiger partial charge in [0.15, 0.2) is 5.69 Å². The van der Waals surface area contributed by atoms with Gasteiger partial charge >= 0.3 is 0 Å². The molecule has 0 atom stereocenters. The molecule has 2 N–H and O–H groups in total. The highest BCUT2D eigenvalue weighted by Crippen LogP contribution is 2.25. The van der Waals surface area contributed by atoms with Gasteiger partial charge in [0.1, 0.15) is 5.69 Å². The van der Waals surface area contributed by atoms with Crippen molar-refractivity contribution in [1.29, 1.82) is 0 Å². The van der Waals surface area contributed by atoms with Crippen LogP contribution in [-0.4, -0.2) is 37.0 Å². The van der Waals surface area contributed by atoms with E-state index in [0.29, 0.717) is 22.5 Å². The monoisotopic (exact) mass is 441 g/mol. The predicted molar refractivity (Wildman–Crippen MR) is 121 cm³/mol. The lowest BCUT2D eigenvalue weighted by molar-refractivity contribution is -0.384. The first-order valence-corrected chi connectivity index (χ1v) is 10.4. The molecule has 1 aliphatic carbocycles. The summed E-state index contributed by atoms with van der Waals surface area (Å²) >= 11 is 0. The Balaban J connectivity index is 1.44. The van der Waals surface area contributed by atoms with E-state index in [2.05, 4.69) is 25.8 Å². The van der Waals surface area contributed by atoms with Gasteiger partial charge in [-0.2, -0.15) is 15.3 Å². The van der Waals surface area contributed by atoms with Crippen LogP contribution in [0.2, 0.25) is 0 Å². The number of nitrogens with zero attached hydrogens (tertiary/aromatic N) is 5. The lowest BCUT2D eigenvalue weighted by Crippen LogP contribution is -2.19. The normalized spacial score (nSPS) is 12.7. The van der Waals surface area contributed by atoms with E-state index >= 15 is 0 Å². The number of non-ortho nitro benzene ring substituents is 1. The molecule has 0 fully saturated rings. The third-order valence-electron chi connectivity index (χ3n) is 5.51. The third-order valence-corrected chi connectivity index (χ3v) is 5.51. The summed E-state index contributed by atoms with van der Waals surface area (Å²) in [5.74, 6) is -0.377. The molecule has 10 nitrogen and oxygen atoms in total. The maximum absolute atomic E-state index is 12.5. The van der Waals surface area contributed by atoms with Gasteiger partial charge < -0.3 is 0 Å². The van der Waals surface area contributed by atoms with Crippen LogP contribution in [0, 0.1) is 10.1 Å². The Morgan fingerprint density at radius 2 is 1.94 bits per heavy atom. The first-order chi connectivity index (χ1) is 16.1. The molecule has 33 heavy (non-hydrogen) atoms. The fraction of sp³-hybridized carbons (Fsp3) is 0.130. The number of nitro groups is 1. The summed E-state index contributed by atoms with van der Waals surface area (Å²) in [6.45, 7) is 0. The molecule has 164 valence electrons. The van der Waals surface area contributed by atoms with Gasteiger partial charge in [0, 0.05) is 40.7 Å². The highest BCUT2D eigenvalue weighted by molar-refractivity contribution is 5.95. The zero-order chi connectivity index (χ0) is 22.8. The van der Waals surface area contributed by atoms with E-state index in [1.165, 1.54) is 18.3 Å². The van der Waals surface area contributed by atoms with Crippen LogP contribution >= 0.6 is 0 Å². The standard InChI is InChI=1S/C23H19N7O3/c31-23(22-19-7-4-8-20(19)25-26-22)27-24-13-16-14-29(17-5-2-1-3-6-17)28-21(16)15-9-11-18(12-10-15)30(32)33/h1-3,5-6,9-14H,4,7-8H2,(H,25,26)(H,27,31)/b24-13+. The number of aromatic nitrogens is 4. The number of carbonyl (C=O) groups is 1. The van der Waals surface area contributed by atoms with Crippen LogP contribution in [0.1, 0.15) is 33.7 Å². The molecule has 0 saturated carbocycles. The molecule has 10 heteroatoms. The summed E-state index contributed by atoms with van der Waals surface area (Å²) in [6.07, 6.45) is 6.02. The Morgan fingerprint density at radius 1 is 1.15 bits per heavy atom. The Morgan fingerprint density at radius 3 is 2.70 bits per heavy atom. The van der Waals surface area contributed by atoms with Gasteiger partial charge in [-0.05, 0) is 43.5 Å². The predicted octanol–water partition coefficient (Wildman–Crippen LogP) is 3.42. The van der Waals surface area contributed by atoms with Crippen molar-refractivity contribution in [3.63, 3.8) is 0 Å². The molecule has 4 aromatic rings. The van der Waals surface area contributed by atoms with Crippen molar-refractivity contribution >= 4 is 17.8 Å². The number of hydrogen-bond donors (Lipinski definition) is 2. The van der Waals surface area contributed by atoms with Crippen LogP contribution in [0.4, 0.5) is 5.69 Å². The van der Waals surface area contributed by atoms with Crippen LogP contribution in [0.3, 0.4) is 0 Å². The maximum atomic E-state index is 12.5. The second-order valence-electron chi connectivity index (χ2n) is 7.60. The fourth-order valence-electron chi connectivity index (χ4n) is 3.88. The second kappa shape index (κ2) is 8.50. The van der Waals surface area contributed by atoms with E-state index in [9.17, 15) is 14.9 Å². The minimum Gasteiger partial charge on any atom is -0.281 e. The van der Waals surface area contributed by atoms with E-state index in [-0.39, 0.29) is 11.6 Å². The first-order valence-electron chi connectivity index (χ1n) is 10.4. The number of aromatic amines is 1. The lowest BCUT2D eigenvalue weighted by atomic mass is 10.1. The van der Waals surface area contributed by atoms with Crippen LogP contribution in [0.25, 0.3) is 16.9 Å². The summed E-state index contributed by atoms with van der Waals surface area (Å²) in [4.78, 5) is 23.1. The molecule has 0 saturated heterocycles. The van der Waals surface area contributed by atoms with E-state index in [1.807, 2.05) is 30.3 Å². The highest BCUT2D eigenvalue weighted by atomic mass is 16.6. The number of rotatable bonds is 6. The number of aryl methyl sites for hydroxylation is 1. The van der Waals surface area contributed by atoms with Crippen LogP contribution < -0.4 is 5.43 Å². The highest BCUT2D eigenvalue weighted by Gasteiger charge is 2.22. The number of fused-ring (bicyclic) bond motifs is 1. The maximum Gasteiger partial charge on any atom is 0.292 e. The molecular weight excluding hydrogens is 422 g/mol. The third kappa shape index (κ3) is 4.01. The first kappa shape index (κ1) is 20.3. The summed E-state index contributed by atoms with van der Waals surface area (Å²) in [5.41, 5.74) is 7.61. The van der Waals surface area contributed by atoms with E-state index in [1.54, 1.807) is 23.0 Å². The molecule has 2 aromatic carbocycles. The Labute approximate surface area is 188 Å². The molecule has 0 radical (unpaired) electrons. The van der Waals surface area contributed by atoms with Gasteiger partial charge in [-0.3, -0.25) is 20.0 Å². The van der Waals surface area contributed by atoms with Crippen LogP contribution in [-0.2, 0) is 12.8 Å². The molecule has 0 unspecified atom stereocenters. The quantitative estimate of drug-likeness (QED) is 0.269. The fourth-order valence-corrected chi connectivity index (χ4v) is 3.88. The number of benzene rings is 2. The lowest BCUT2D eigenvalue weighted by Gasteiger charge is -2.00. The van der Waals surface area contributed by atoms with Gasteiger partial charge in [-0.25, -0.2) is 10.1 Å². The van der Waals surface area contributed by atoms with Gasteiger partial charge in [-0.1, -0.05) is 18.2 Å². The van der Waals surface area contributed by atoms with Crippen molar-refractivity contribution < 1.29 is 9.72 Å². The van der Waals surface area contributed by atoms with E-state index in [0.717, 1.165) is 36.2 Å². The number of amides is 1. The van der Waals surface area contributed by atoms with E-state index < -0.39 is 4.92 Å².